The van der Waals surface area contributed by atoms with Crippen LogP contribution in [0.15, 0.2) is 54.6 Å². The fourth-order valence-corrected chi connectivity index (χ4v) is 4.76. The summed E-state index contributed by atoms with van der Waals surface area (Å²) in [6.45, 7) is 2.10. The quantitative estimate of drug-likeness (QED) is 0.634. The van der Waals surface area contributed by atoms with E-state index in [1.165, 1.54) is 12.0 Å². The lowest BCUT2D eigenvalue weighted by Gasteiger charge is -2.49. The maximum Gasteiger partial charge on any atom is 0.251 e. The number of methoxy groups -OCH3 is 1. The number of benzene rings is 2. The molecule has 1 saturated heterocycles. The smallest absolute Gasteiger partial charge is 0.251 e. The maximum atomic E-state index is 13.7. The summed E-state index contributed by atoms with van der Waals surface area (Å²) in [4.78, 5) is 28.1. The van der Waals surface area contributed by atoms with Gasteiger partial charge in [-0.2, -0.15) is 0 Å². The Bertz CT molecular complexity index is 992. The first-order chi connectivity index (χ1) is 15.6. The van der Waals surface area contributed by atoms with Crippen LogP contribution in [0.1, 0.15) is 56.6 Å². The number of anilines is 1. The average Bonchev–Trinajstić information content (AvgIpc) is 2.82. The van der Waals surface area contributed by atoms with Crippen molar-refractivity contribution in [3.05, 3.63) is 65.7 Å². The minimum absolute atomic E-state index is 0.0438. The molecule has 5 heteroatoms. The highest BCUT2D eigenvalue weighted by molar-refractivity contribution is 6.15. The van der Waals surface area contributed by atoms with Crippen molar-refractivity contribution in [1.29, 1.82) is 0 Å². The number of carbonyl (C=O) groups is 2. The minimum atomic E-state index is -1.04. The second kappa shape index (κ2) is 9.60. The second-order valence-electron chi connectivity index (χ2n) is 8.73. The summed E-state index contributed by atoms with van der Waals surface area (Å²) < 4.78 is 5.47. The van der Waals surface area contributed by atoms with Crippen molar-refractivity contribution in [3.63, 3.8) is 0 Å². The molecule has 1 N–H and O–H groups in total. The molecule has 2 aliphatic rings. The molecule has 168 valence electrons. The van der Waals surface area contributed by atoms with Crippen LogP contribution in [0.3, 0.4) is 0 Å². The van der Waals surface area contributed by atoms with Gasteiger partial charge in [-0.05, 0) is 49.1 Å². The van der Waals surface area contributed by atoms with Crippen LogP contribution in [0.2, 0.25) is 0 Å². The average molecular weight is 433 g/mol. The highest BCUT2D eigenvalue weighted by Crippen LogP contribution is 2.40. The number of amides is 2. The highest BCUT2D eigenvalue weighted by Gasteiger charge is 2.55. The van der Waals surface area contributed by atoms with Crippen LogP contribution in [0.25, 0.3) is 6.08 Å². The van der Waals surface area contributed by atoms with Crippen molar-refractivity contribution in [2.75, 3.05) is 12.0 Å². The molecule has 4 rings (SSSR count). The Morgan fingerprint density at radius 1 is 1.12 bits per heavy atom. The van der Waals surface area contributed by atoms with Crippen LogP contribution < -0.4 is 15.0 Å². The molecule has 1 atom stereocenters. The molecule has 0 unspecified atom stereocenters. The highest BCUT2D eigenvalue weighted by atomic mass is 16.5. The first-order valence-electron chi connectivity index (χ1n) is 11.6. The first-order valence-corrected chi connectivity index (χ1v) is 11.6. The number of aryl methyl sites for hydroxylation is 1. The van der Waals surface area contributed by atoms with Crippen molar-refractivity contribution in [3.8, 4) is 5.75 Å². The van der Waals surface area contributed by atoms with Crippen molar-refractivity contribution in [2.24, 2.45) is 0 Å². The molecule has 2 aromatic rings. The zero-order valence-corrected chi connectivity index (χ0v) is 19.0. The van der Waals surface area contributed by atoms with Crippen LogP contribution >= 0.6 is 0 Å². The van der Waals surface area contributed by atoms with Gasteiger partial charge in [0.25, 0.3) is 5.91 Å². The van der Waals surface area contributed by atoms with E-state index in [4.69, 9.17) is 4.74 Å². The van der Waals surface area contributed by atoms with E-state index in [0.717, 1.165) is 49.1 Å². The van der Waals surface area contributed by atoms with Gasteiger partial charge in [0.15, 0.2) is 5.54 Å². The summed E-state index contributed by atoms with van der Waals surface area (Å²) in [6, 6.07) is 15.8. The van der Waals surface area contributed by atoms with Crippen molar-refractivity contribution >= 4 is 23.6 Å². The van der Waals surface area contributed by atoms with Crippen LogP contribution in [-0.4, -0.2) is 30.5 Å². The molecule has 0 bridgehead atoms. The van der Waals surface area contributed by atoms with Gasteiger partial charge in [0.05, 0.1) is 13.5 Å². The van der Waals surface area contributed by atoms with Gasteiger partial charge in [0, 0.05) is 17.3 Å². The number of ether oxygens (including phenoxy) is 1. The molecule has 5 nitrogen and oxygen atoms in total. The zero-order valence-electron chi connectivity index (χ0n) is 19.0. The first kappa shape index (κ1) is 22.1. The third kappa shape index (κ3) is 4.29. The van der Waals surface area contributed by atoms with E-state index in [1.807, 2.05) is 60.7 Å². The largest absolute Gasteiger partial charge is 0.496 e. The van der Waals surface area contributed by atoms with E-state index in [0.29, 0.717) is 0 Å². The zero-order chi connectivity index (χ0) is 22.6. The van der Waals surface area contributed by atoms with Crippen molar-refractivity contribution in [2.45, 2.75) is 63.5 Å². The maximum absolute atomic E-state index is 13.7. The van der Waals surface area contributed by atoms with Gasteiger partial charge >= 0.3 is 0 Å². The Balaban J connectivity index is 1.69. The molecule has 0 spiro atoms. The molecule has 1 heterocycles. The Morgan fingerprint density at radius 2 is 1.84 bits per heavy atom. The molecular formula is C27H32N2O3. The summed E-state index contributed by atoms with van der Waals surface area (Å²) in [5, 5.41) is 3.25. The van der Waals surface area contributed by atoms with Gasteiger partial charge in [0.1, 0.15) is 5.75 Å². The van der Waals surface area contributed by atoms with Gasteiger partial charge in [-0.1, -0.05) is 62.6 Å². The molecule has 2 amide bonds. The molecule has 2 fully saturated rings. The molecule has 1 aliphatic heterocycles. The summed E-state index contributed by atoms with van der Waals surface area (Å²) in [6.07, 6.45) is 10.3. The summed E-state index contributed by atoms with van der Waals surface area (Å²) >= 11 is 0. The van der Waals surface area contributed by atoms with Crippen molar-refractivity contribution < 1.29 is 14.3 Å². The molecule has 0 radical (unpaired) electrons. The molecule has 2 aromatic carbocycles. The van der Waals surface area contributed by atoms with Gasteiger partial charge in [0.2, 0.25) is 5.91 Å². The topological polar surface area (TPSA) is 58.6 Å². The lowest BCUT2D eigenvalue weighted by molar-refractivity contribution is -0.137. The summed E-state index contributed by atoms with van der Waals surface area (Å²) in [5.74, 6) is 0.587. The molecular weight excluding hydrogens is 400 g/mol. The SMILES string of the molecule is CCc1ccc(N2C(=O)C[C@]2(/C=C/c2ccccc2OC)C(=O)NC2CCCCC2)cc1. The minimum Gasteiger partial charge on any atom is -0.496 e. The van der Waals surface area contributed by atoms with Crippen LogP contribution in [-0.2, 0) is 16.0 Å². The third-order valence-corrected chi connectivity index (χ3v) is 6.68. The molecule has 32 heavy (non-hydrogen) atoms. The monoisotopic (exact) mass is 432 g/mol. The number of nitrogens with zero attached hydrogens (tertiary/aromatic N) is 1. The predicted octanol–water partition coefficient (Wildman–Crippen LogP) is 4.90. The van der Waals surface area contributed by atoms with Gasteiger partial charge in [-0.3, -0.25) is 14.5 Å². The standard InChI is InChI=1S/C27H32N2O3/c1-3-20-13-15-23(16-14-20)29-25(30)19-27(29,26(31)28-22-10-5-4-6-11-22)18-17-21-9-7-8-12-24(21)32-2/h7-9,12-18,22H,3-6,10-11,19H2,1-2H3,(H,28,31)/b18-17+/t27-/m1/s1. The normalized spacial score (nSPS) is 21.4. The fraction of sp³-hybridized carbons (Fsp3) is 0.407. The van der Waals surface area contributed by atoms with E-state index in [2.05, 4.69) is 12.2 Å². The Kier molecular flexibility index (Phi) is 6.63. The number of β-lactam (4-membered cyclic amide) rings is 1. The number of nitrogens with one attached hydrogen (secondary N) is 1. The number of para-hydroxylation sites is 1. The predicted molar refractivity (Wildman–Crippen MR) is 128 cm³/mol. The van der Waals surface area contributed by atoms with E-state index < -0.39 is 5.54 Å². The molecule has 1 saturated carbocycles. The fourth-order valence-electron chi connectivity index (χ4n) is 4.76. The van der Waals surface area contributed by atoms with Crippen molar-refractivity contribution in [1.82, 2.24) is 5.32 Å². The van der Waals surface area contributed by atoms with Crippen LogP contribution in [0, 0.1) is 0 Å². The number of hydrogen-bond donors (Lipinski definition) is 1. The Hall–Kier alpha value is -3.08. The lowest BCUT2D eigenvalue weighted by Crippen LogP contribution is -2.70. The Morgan fingerprint density at radius 3 is 2.50 bits per heavy atom. The number of hydrogen-bond acceptors (Lipinski definition) is 3. The number of carbonyl (C=O) groups excluding carboxylic acids is 2. The van der Waals surface area contributed by atoms with Gasteiger partial charge in [-0.15, -0.1) is 0 Å². The molecule has 0 aromatic heterocycles. The third-order valence-electron chi connectivity index (χ3n) is 6.68. The Labute approximate surface area is 190 Å². The lowest BCUT2D eigenvalue weighted by atomic mass is 9.80. The van der Waals surface area contributed by atoms with Gasteiger partial charge in [-0.25, -0.2) is 0 Å². The number of rotatable bonds is 7. The summed E-state index contributed by atoms with van der Waals surface area (Å²) in [7, 11) is 1.63. The van der Waals surface area contributed by atoms with E-state index in [-0.39, 0.29) is 24.3 Å². The second-order valence-corrected chi connectivity index (χ2v) is 8.73. The molecule has 1 aliphatic carbocycles. The van der Waals surface area contributed by atoms with Crippen LogP contribution in [0.5, 0.6) is 5.75 Å². The van der Waals surface area contributed by atoms with Crippen LogP contribution in [0.4, 0.5) is 5.69 Å². The van der Waals surface area contributed by atoms with E-state index >= 15 is 0 Å². The summed E-state index contributed by atoms with van der Waals surface area (Å²) in [5.41, 5.74) is 1.79. The van der Waals surface area contributed by atoms with E-state index in [9.17, 15) is 9.59 Å². The van der Waals surface area contributed by atoms with Gasteiger partial charge < -0.3 is 10.1 Å². The van der Waals surface area contributed by atoms with E-state index in [1.54, 1.807) is 12.0 Å².